The number of hydrogen-bond acceptors (Lipinski definition) is 6. The van der Waals surface area contributed by atoms with E-state index in [1.54, 1.807) is 36.1 Å². The second-order valence-corrected chi connectivity index (χ2v) is 7.08. The minimum Gasteiger partial charge on any atom is -0.331 e. The lowest BCUT2D eigenvalue weighted by molar-refractivity contribution is -0.386. The SMILES string of the molecule is Cc1nn(CC(=O)N(Cc2nc3ccccc3c(=O)[nH]2)C(C)C)c(C)c1[N+](=O)[O-]. The van der Waals surface area contributed by atoms with Crippen molar-refractivity contribution >= 4 is 22.5 Å². The summed E-state index contributed by atoms with van der Waals surface area (Å²) in [5, 5.41) is 15.8. The molecule has 0 aliphatic rings. The van der Waals surface area contributed by atoms with E-state index < -0.39 is 4.92 Å². The van der Waals surface area contributed by atoms with Crippen LogP contribution in [0.15, 0.2) is 29.1 Å². The van der Waals surface area contributed by atoms with Gasteiger partial charge in [-0.2, -0.15) is 5.10 Å². The van der Waals surface area contributed by atoms with Gasteiger partial charge in [-0.1, -0.05) is 12.1 Å². The summed E-state index contributed by atoms with van der Waals surface area (Å²) in [5.41, 5.74) is 0.778. The fourth-order valence-corrected chi connectivity index (χ4v) is 3.25. The topological polar surface area (TPSA) is 127 Å². The van der Waals surface area contributed by atoms with Gasteiger partial charge in [0.2, 0.25) is 5.91 Å². The van der Waals surface area contributed by atoms with Crippen molar-refractivity contribution in [2.45, 2.75) is 46.8 Å². The van der Waals surface area contributed by atoms with Crippen LogP contribution in [-0.4, -0.2) is 41.5 Å². The Morgan fingerprint density at radius 2 is 2.00 bits per heavy atom. The molecule has 1 N–H and O–H groups in total. The number of nitrogens with zero attached hydrogens (tertiary/aromatic N) is 5. The summed E-state index contributed by atoms with van der Waals surface area (Å²) in [7, 11) is 0. The van der Waals surface area contributed by atoms with E-state index in [-0.39, 0.29) is 42.0 Å². The van der Waals surface area contributed by atoms with Crippen LogP contribution in [0.1, 0.15) is 31.1 Å². The van der Waals surface area contributed by atoms with E-state index in [2.05, 4.69) is 15.1 Å². The number of nitro groups is 1. The Bertz CT molecular complexity index is 1150. The van der Waals surface area contributed by atoms with Gasteiger partial charge in [-0.3, -0.25) is 24.4 Å². The number of aromatic amines is 1. The van der Waals surface area contributed by atoms with Crippen LogP contribution in [0.25, 0.3) is 10.9 Å². The summed E-state index contributed by atoms with van der Waals surface area (Å²) in [6.45, 7) is 6.76. The van der Waals surface area contributed by atoms with Crippen molar-refractivity contribution in [1.82, 2.24) is 24.6 Å². The van der Waals surface area contributed by atoms with Crippen molar-refractivity contribution in [1.29, 1.82) is 0 Å². The summed E-state index contributed by atoms with van der Waals surface area (Å²) in [6.07, 6.45) is 0. The minimum absolute atomic E-state index is 0.0885. The lowest BCUT2D eigenvalue weighted by Gasteiger charge is -2.26. The molecule has 0 aliphatic carbocycles. The molecule has 0 saturated carbocycles. The maximum absolute atomic E-state index is 12.9. The third kappa shape index (κ3) is 4.00. The number of aromatic nitrogens is 4. The van der Waals surface area contributed by atoms with Crippen molar-refractivity contribution in [2.75, 3.05) is 0 Å². The van der Waals surface area contributed by atoms with E-state index in [1.807, 2.05) is 13.8 Å². The Balaban J connectivity index is 1.87. The standard InChI is InChI=1S/C19H22N6O4/c1-11(2)23(9-16-20-15-8-6-5-7-14(15)19(27)21-16)17(26)10-24-13(4)18(25(28)29)12(3)22-24/h5-8,11H,9-10H2,1-4H3,(H,20,21,27). The van der Waals surface area contributed by atoms with Gasteiger partial charge in [0.1, 0.15) is 23.8 Å². The van der Waals surface area contributed by atoms with Gasteiger partial charge in [0.05, 0.1) is 22.4 Å². The van der Waals surface area contributed by atoms with Crippen molar-refractivity contribution in [3.05, 3.63) is 61.9 Å². The molecule has 0 radical (unpaired) electrons. The second-order valence-electron chi connectivity index (χ2n) is 7.08. The van der Waals surface area contributed by atoms with Gasteiger partial charge in [0, 0.05) is 6.04 Å². The van der Waals surface area contributed by atoms with E-state index in [0.717, 1.165) is 0 Å². The Labute approximate surface area is 166 Å². The first kappa shape index (κ1) is 20.2. The molecule has 0 saturated heterocycles. The van der Waals surface area contributed by atoms with Gasteiger partial charge in [0.15, 0.2) is 0 Å². The first-order valence-electron chi connectivity index (χ1n) is 9.14. The smallest absolute Gasteiger partial charge is 0.312 e. The average Bonchev–Trinajstić information content (AvgIpc) is 2.92. The molecule has 2 heterocycles. The summed E-state index contributed by atoms with van der Waals surface area (Å²) in [5.74, 6) is 0.0893. The van der Waals surface area contributed by atoms with Crippen molar-refractivity contribution in [2.24, 2.45) is 0 Å². The van der Waals surface area contributed by atoms with E-state index in [1.165, 1.54) is 11.6 Å². The maximum Gasteiger partial charge on any atom is 0.312 e. The number of H-pyrrole nitrogens is 1. The summed E-state index contributed by atoms with van der Waals surface area (Å²) in [6, 6.07) is 6.80. The third-order valence-electron chi connectivity index (χ3n) is 4.74. The number of amides is 1. The molecule has 152 valence electrons. The molecule has 0 aliphatic heterocycles. The number of nitrogens with one attached hydrogen (secondary N) is 1. The normalized spacial score (nSPS) is 11.2. The van der Waals surface area contributed by atoms with Crippen LogP contribution in [0, 0.1) is 24.0 Å². The van der Waals surface area contributed by atoms with Crippen LogP contribution in [0.5, 0.6) is 0 Å². The molecule has 1 amide bonds. The van der Waals surface area contributed by atoms with Crippen LogP contribution in [0.3, 0.4) is 0 Å². The van der Waals surface area contributed by atoms with Crippen molar-refractivity contribution < 1.29 is 9.72 Å². The first-order chi connectivity index (χ1) is 13.7. The van der Waals surface area contributed by atoms with Crippen LogP contribution in [0.4, 0.5) is 5.69 Å². The molecule has 10 heteroatoms. The molecular weight excluding hydrogens is 376 g/mol. The molecule has 0 bridgehead atoms. The lowest BCUT2D eigenvalue weighted by atomic mass is 10.2. The molecule has 3 rings (SSSR count). The summed E-state index contributed by atoms with van der Waals surface area (Å²) in [4.78, 5) is 44.6. The van der Waals surface area contributed by atoms with Crippen LogP contribution in [-0.2, 0) is 17.9 Å². The van der Waals surface area contributed by atoms with Crippen LogP contribution >= 0.6 is 0 Å². The molecular formula is C19H22N6O4. The number of aryl methyl sites for hydroxylation is 1. The Hall–Kier alpha value is -3.56. The number of hydrogen-bond donors (Lipinski definition) is 1. The van der Waals surface area contributed by atoms with E-state index in [0.29, 0.717) is 22.4 Å². The zero-order chi connectivity index (χ0) is 21.3. The second kappa shape index (κ2) is 7.82. The Kier molecular flexibility index (Phi) is 5.44. The fourth-order valence-electron chi connectivity index (χ4n) is 3.25. The maximum atomic E-state index is 12.9. The molecule has 10 nitrogen and oxygen atoms in total. The van der Waals surface area contributed by atoms with Crippen LogP contribution in [0.2, 0.25) is 0 Å². The molecule has 2 aromatic heterocycles. The van der Waals surface area contributed by atoms with Crippen molar-refractivity contribution in [3.63, 3.8) is 0 Å². The molecule has 0 spiro atoms. The number of fused-ring (bicyclic) bond motifs is 1. The fraction of sp³-hybridized carbons (Fsp3) is 0.368. The molecule has 3 aromatic rings. The third-order valence-corrected chi connectivity index (χ3v) is 4.74. The highest BCUT2D eigenvalue weighted by molar-refractivity contribution is 5.78. The average molecular weight is 398 g/mol. The van der Waals surface area contributed by atoms with E-state index >= 15 is 0 Å². The first-order valence-corrected chi connectivity index (χ1v) is 9.14. The Morgan fingerprint density at radius 3 is 2.62 bits per heavy atom. The van der Waals surface area contributed by atoms with Gasteiger partial charge in [-0.25, -0.2) is 4.98 Å². The zero-order valence-electron chi connectivity index (χ0n) is 16.7. The van der Waals surface area contributed by atoms with Crippen molar-refractivity contribution in [3.8, 4) is 0 Å². The molecule has 0 fully saturated rings. The van der Waals surface area contributed by atoms with Gasteiger partial charge in [-0.15, -0.1) is 0 Å². The molecule has 0 atom stereocenters. The lowest BCUT2D eigenvalue weighted by Crippen LogP contribution is -2.39. The van der Waals surface area contributed by atoms with Gasteiger partial charge >= 0.3 is 5.69 Å². The highest BCUT2D eigenvalue weighted by Crippen LogP contribution is 2.22. The predicted molar refractivity (Wildman–Crippen MR) is 106 cm³/mol. The Morgan fingerprint density at radius 1 is 1.31 bits per heavy atom. The summed E-state index contributed by atoms with van der Waals surface area (Å²) >= 11 is 0. The van der Waals surface area contributed by atoms with Crippen LogP contribution < -0.4 is 5.56 Å². The van der Waals surface area contributed by atoms with Gasteiger partial charge in [0.25, 0.3) is 5.56 Å². The quantitative estimate of drug-likeness (QED) is 0.500. The van der Waals surface area contributed by atoms with Gasteiger partial charge in [-0.05, 0) is 39.8 Å². The number of benzene rings is 1. The van der Waals surface area contributed by atoms with E-state index in [4.69, 9.17) is 0 Å². The molecule has 0 unspecified atom stereocenters. The number of rotatable bonds is 6. The monoisotopic (exact) mass is 398 g/mol. The number of carbonyl (C=O) groups excluding carboxylic acids is 1. The highest BCUT2D eigenvalue weighted by atomic mass is 16.6. The van der Waals surface area contributed by atoms with E-state index in [9.17, 15) is 19.7 Å². The zero-order valence-corrected chi connectivity index (χ0v) is 16.7. The highest BCUT2D eigenvalue weighted by Gasteiger charge is 2.25. The predicted octanol–water partition coefficient (Wildman–Crippen LogP) is 2.08. The molecule has 1 aromatic carbocycles. The number of para-hydroxylation sites is 1. The van der Waals surface area contributed by atoms with Gasteiger partial charge < -0.3 is 9.88 Å². The summed E-state index contributed by atoms with van der Waals surface area (Å²) < 4.78 is 1.34. The minimum atomic E-state index is -0.497. The number of carbonyl (C=O) groups is 1. The largest absolute Gasteiger partial charge is 0.331 e. The molecule has 29 heavy (non-hydrogen) atoms.